The van der Waals surface area contributed by atoms with Crippen LogP contribution in [0.1, 0.15) is 103 Å². The van der Waals surface area contributed by atoms with E-state index in [9.17, 15) is 4.79 Å². The van der Waals surface area contributed by atoms with Gasteiger partial charge in [0.25, 0.3) is 0 Å². The summed E-state index contributed by atoms with van der Waals surface area (Å²) in [6.07, 6.45) is 16.8. The van der Waals surface area contributed by atoms with Gasteiger partial charge in [0.2, 0.25) is 0 Å². The number of carbonyl (C=O) groups excluding carboxylic acids is 1. The van der Waals surface area contributed by atoms with Crippen LogP contribution in [0.3, 0.4) is 0 Å². The third-order valence-corrected chi connectivity index (χ3v) is 6.48. The lowest BCUT2D eigenvalue weighted by molar-refractivity contribution is -0.920. The van der Waals surface area contributed by atoms with Crippen molar-refractivity contribution in [3.63, 3.8) is 0 Å². The first-order valence-electron chi connectivity index (χ1n) is 13.1. The summed E-state index contributed by atoms with van der Waals surface area (Å²) in [5.41, 5.74) is 1.21. The van der Waals surface area contributed by atoms with Gasteiger partial charge in [-0.1, -0.05) is 77.6 Å². The summed E-state index contributed by atoms with van der Waals surface area (Å²) in [5, 5.41) is 0. The first kappa shape index (κ1) is 28.5. The van der Waals surface area contributed by atoms with Crippen LogP contribution in [0, 0.1) is 0 Å². The summed E-state index contributed by atoms with van der Waals surface area (Å²) >= 11 is 0. The molecular formula is C28H50NO3+. The number of quaternary nitrogens is 1. The van der Waals surface area contributed by atoms with Crippen LogP contribution < -0.4 is 4.74 Å². The van der Waals surface area contributed by atoms with Crippen molar-refractivity contribution in [3.05, 3.63) is 29.8 Å². The summed E-state index contributed by atoms with van der Waals surface area (Å²) in [6.45, 7) is 5.40. The highest BCUT2D eigenvalue weighted by Crippen LogP contribution is 2.22. The molecule has 0 heterocycles. The molecule has 0 aliphatic heterocycles. The molecule has 32 heavy (non-hydrogen) atoms. The van der Waals surface area contributed by atoms with E-state index in [0.29, 0.717) is 11.1 Å². The fourth-order valence-electron chi connectivity index (χ4n) is 4.48. The molecule has 0 aromatic heterocycles. The molecule has 0 N–H and O–H groups in total. The van der Waals surface area contributed by atoms with Crippen LogP contribution in [0.25, 0.3) is 0 Å². The highest BCUT2D eigenvalue weighted by atomic mass is 16.5. The Balaban J connectivity index is 2.38. The van der Waals surface area contributed by atoms with Crippen molar-refractivity contribution < 1.29 is 18.8 Å². The second kappa shape index (κ2) is 17.0. The highest BCUT2D eigenvalue weighted by Gasteiger charge is 2.35. The Morgan fingerprint density at radius 1 is 0.812 bits per heavy atom. The molecule has 1 rings (SSSR count). The number of esters is 1. The molecule has 0 amide bonds. The van der Waals surface area contributed by atoms with Gasteiger partial charge in [-0.3, -0.25) is 0 Å². The fourth-order valence-corrected chi connectivity index (χ4v) is 4.48. The largest absolute Gasteiger partial charge is 0.497 e. The summed E-state index contributed by atoms with van der Waals surface area (Å²) in [6, 6.07) is 8.02. The lowest BCUT2D eigenvalue weighted by atomic mass is 10.0. The Bertz CT molecular complexity index is 597. The van der Waals surface area contributed by atoms with Gasteiger partial charge in [0.15, 0.2) is 6.04 Å². The molecule has 0 saturated carbocycles. The molecule has 0 aliphatic rings. The van der Waals surface area contributed by atoms with E-state index in [1.165, 1.54) is 76.2 Å². The van der Waals surface area contributed by atoms with Crippen molar-refractivity contribution in [2.75, 3.05) is 27.8 Å². The Hall–Kier alpha value is -1.55. The molecule has 1 aromatic carbocycles. The van der Waals surface area contributed by atoms with Gasteiger partial charge >= 0.3 is 5.97 Å². The molecule has 184 valence electrons. The molecule has 0 saturated heterocycles. The standard InChI is InChI=1S/C28H50NO3/c1-6-8-9-10-11-12-13-14-15-16-17-18-19-27(28(30)32-7-2)29(3,4)24-25-20-22-26(31-5)23-21-25/h20-23,27H,6-19,24H2,1-5H3/q+1/t27-/m0/s1. The number of nitrogens with zero attached hydrogens (tertiary/aromatic N) is 1. The molecule has 0 bridgehead atoms. The average molecular weight is 449 g/mol. The van der Waals surface area contributed by atoms with E-state index in [1.54, 1.807) is 7.11 Å². The van der Waals surface area contributed by atoms with E-state index < -0.39 is 0 Å². The van der Waals surface area contributed by atoms with Crippen molar-refractivity contribution in [2.24, 2.45) is 0 Å². The Morgan fingerprint density at radius 2 is 1.31 bits per heavy atom. The molecule has 4 heteroatoms. The van der Waals surface area contributed by atoms with Gasteiger partial charge < -0.3 is 14.0 Å². The minimum Gasteiger partial charge on any atom is -0.497 e. The third kappa shape index (κ3) is 11.9. The van der Waals surface area contributed by atoms with Crippen molar-refractivity contribution >= 4 is 5.97 Å². The summed E-state index contributed by atoms with van der Waals surface area (Å²) in [5.74, 6) is 0.798. The first-order valence-corrected chi connectivity index (χ1v) is 13.1. The van der Waals surface area contributed by atoms with Crippen molar-refractivity contribution in [3.8, 4) is 5.75 Å². The van der Waals surface area contributed by atoms with Crippen LogP contribution >= 0.6 is 0 Å². The van der Waals surface area contributed by atoms with Gasteiger partial charge in [0.05, 0.1) is 27.8 Å². The summed E-state index contributed by atoms with van der Waals surface area (Å²) in [4.78, 5) is 12.8. The maximum Gasteiger partial charge on any atom is 0.364 e. The lowest BCUT2D eigenvalue weighted by Gasteiger charge is -2.36. The topological polar surface area (TPSA) is 35.5 Å². The third-order valence-electron chi connectivity index (χ3n) is 6.48. The zero-order valence-corrected chi connectivity index (χ0v) is 21.7. The van der Waals surface area contributed by atoms with Crippen LogP contribution in [-0.2, 0) is 16.1 Å². The zero-order chi connectivity index (χ0) is 23.7. The van der Waals surface area contributed by atoms with Gasteiger partial charge in [-0.05, 0) is 37.6 Å². The predicted octanol–water partition coefficient (Wildman–Crippen LogP) is 7.29. The molecule has 1 aromatic rings. The first-order chi connectivity index (χ1) is 15.4. The van der Waals surface area contributed by atoms with Crippen molar-refractivity contribution in [2.45, 2.75) is 110 Å². The van der Waals surface area contributed by atoms with E-state index >= 15 is 0 Å². The number of methoxy groups -OCH3 is 1. The second-order valence-corrected chi connectivity index (χ2v) is 9.73. The van der Waals surface area contributed by atoms with Gasteiger partial charge in [-0.25, -0.2) is 4.79 Å². The normalized spacial score (nSPS) is 12.5. The molecule has 0 fully saturated rings. The maximum atomic E-state index is 12.8. The van der Waals surface area contributed by atoms with Crippen LogP contribution in [-0.4, -0.2) is 44.3 Å². The Labute approximate surface area is 198 Å². The Kier molecular flexibility index (Phi) is 15.1. The molecule has 0 radical (unpaired) electrons. The van der Waals surface area contributed by atoms with Gasteiger partial charge in [0, 0.05) is 12.0 Å². The SMILES string of the molecule is CCCCCCCCCCCCCC[C@@H](C(=O)OCC)[N+](C)(C)Cc1ccc(OC)cc1. The molecule has 1 atom stereocenters. The van der Waals surface area contributed by atoms with Crippen LogP contribution in [0.4, 0.5) is 0 Å². The van der Waals surface area contributed by atoms with E-state index in [-0.39, 0.29) is 12.0 Å². The van der Waals surface area contributed by atoms with Crippen LogP contribution in [0.15, 0.2) is 24.3 Å². The quantitative estimate of drug-likeness (QED) is 0.127. The van der Waals surface area contributed by atoms with Gasteiger partial charge in [-0.15, -0.1) is 0 Å². The number of unbranched alkanes of at least 4 members (excludes halogenated alkanes) is 11. The minimum atomic E-state index is -0.125. The van der Waals surface area contributed by atoms with Crippen molar-refractivity contribution in [1.82, 2.24) is 0 Å². The summed E-state index contributed by atoms with van der Waals surface area (Å²) in [7, 11) is 5.97. The second-order valence-electron chi connectivity index (χ2n) is 9.73. The lowest BCUT2D eigenvalue weighted by Crippen LogP contribution is -2.52. The average Bonchev–Trinajstić information content (AvgIpc) is 2.77. The molecule has 4 nitrogen and oxygen atoms in total. The zero-order valence-electron chi connectivity index (χ0n) is 21.7. The van der Waals surface area contributed by atoms with Gasteiger partial charge in [0.1, 0.15) is 12.3 Å². The Morgan fingerprint density at radius 3 is 1.78 bits per heavy atom. The molecular weight excluding hydrogens is 398 g/mol. The number of carbonyl (C=O) groups is 1. The number of likely N-dealkylation sites (N-methyl/N-ethyl adjacent to an activating group) is 1. The number of hydrogen-bond donors (Lipinski definition) is 0. The number of hydrogen-bond acceptors (Lipinski definition) is 3. The minimum absolute atomic E-state index is 0.0610. The fraction of sp³-hybridized carbons (Fsp3) is 0.750. The highest BCUT2D eigenvalue weighted by molar-refractivity contribution is 5.74. The number of benzene rings is 1. The monoisotopic (exact) mass is 448 g/mol. The smallest absolute Gasteiger partial charge is 0.364 e. The number of rotatable bonds is 19. The van der Waals surface area contributed by atoms with E-state index in [2.05, 4.69) is 33.2 Å². The van der Waals surface area contributed by atoms with E-state index in [4.69, 9.17) is 9.47 Å². The maximum absolute atomic E-state index is 12.8. The van der Waals surface area contributed by atoms with Crippen molar-refractivity contribution in [1.29, 1.82) is 0 Å². The number of ether oxygens (including phenoxy) is 2. The summed E-state index contributed by atoms with van der Waals surface area (Å²) < 4.78 is 11.3. The van der Waals surface area contributed by atoms with Crippen LogP contribution in [0.5, 0.6) is 5.75 Å². The molecule has 0 spiro atoms. The molecule has 0 unspecified atom stereocenters. The van der Waals surface area contributed by atoms with Gasteiger partial charge in [-0.2, -0.15) is 0 Å². The van der Waals surface area contributed by atoms with E-state index in [1.807, 2.05) is 19.1 Å². The van der Waals surface area contributed by atoms with Crippen LogP contribution in [0.2, 0.25) is 0 Å². The predicted molar refractivity (Wildman–Crippen MR) is 135 cm³/mol. The van der Waals surface area contributed by atoms with E-state index in [0.717, 1.165) is 25.1 Å². The molecule has 0 aliphatic carbocycles.